The van der Waals surface area contributed by atoms with Gasteiger partial charge in [0.25, 0.3) is 0 Å². The number of unbranched alkanes of at least 4 members (excludes halogenated alkanes) is 18. The molecule has 0 atom stereocenters. The molecule has 0 radical (unpaired) electrons. The largest absolute Gasteiger partial charge is 0.398 e. The first-order valence-corrected chi connectivity index (χ1v) is 14.6. The van der Waals surface area contributed by atoms with Crippen LogP contribution in [0.5, 0.6) is 0 Å². The number of benzene rings is 1. The monoisotopic (exact) mass is 443 g/mol. The van der Waals surface area contributed by atoms with Crippen molar-refractivity contribution < 1.29 is 0 Å². The minimum absolute atomic E-state index is 1.04. The molecule has 0 aliphatic heterocycles. The fraction of sp³-hybridized carbons (Fsp3) is 0.806. The second-order valence-electron chi connectivity index (χ2n) is 10.3. The molecular weight excluding hydrogens is 386 g/mol. The number of hydrogen-bond donors (Lipinski definition) is 1. The van der Waals surface area contributed by atoms with Crippen LogP contribution in [-0.4, -0.2) is 0 Å². The fourth-order valence-electron chi connectivity index (χ4n) is 5.05. The molecule has 0 saturated heterocycles. The summed E-state index contributed by atoms with van der Waals surface area (Å²) in [5.74, 6) is 0. The minimum Gasteiger partial charge on any atom is -0.398 e. The van der Waals surface area contributed by atoms with Crippen LogP contribution in [0.25, 0.3) is 0 Å². The minimum atomic E-state index is 1.04. The van der Waals surface area contributed by atoms with Gasteiger partial charge < -0.3 is 5.73 Å². The SMILES string of the molecule is CCCCCCCCCCCCc1c(C)ccc(N)c1CCCCCCCCCCCC. The van der Waals surface area contributed by atoms with E-state index in [1.807, 2.05) is 0 Å². The van der Waals surface area contributed by atoms with Crippen molar-refractivity contribution in [1.29, 1.82) is 0 Å². The predicted molar refractivity (Wildman–Crippen MR) is 147 cm³/mol. The van der Waals surface area contributed by atoms with Crippen LogP contribution in [0.1, 0.15) is 159 Å². The molecule has 0 aromatic heterocycles. The van der Waals surface area contributed by atoms with Gasteiger partial charge in [-0.15, -0.1) is 0 Å². The highest BCUT2D eigenvalue weighted by molar-refractivity contribution is 5.54. The Kier molecular flexibility index (Phi) is 18.7. The summed E-state index contributed by atoms with van der Waals surface area (Å²) in [4.78, 5) is 0. The fourth-order valence-corrected chi connectivity index (χ4v) is 5.05. The highest BCUT2D eigenvalue weighted by Crippen LogP contribution is 2.26. The molecule has 186 valence electrons. The quantitative estimate of drug-likeness (QED) is 0.140. The zero-order valence-electron chi connectivity index (χ0n) is 22.3. The number of aryl methyl sites for hydroxylation is 1. The molecule has 0 aliphatic carbocycles. The molecule has 1 aromatic carbocycles. The molecule has 0 aliphatic rings. The van der Waals surface area contributed by atoms with E-state index in [1.54, 1.807) is 5.56 Å². The highest BCUT2D eigenvalue weighted by atomic mass is 14.6. The Morgan fingerprint density at radius 3 is 1.22 bits per heavy atom. The first-order valence-electron chi connectivity index (χ1n) is 14.6. The summed E-state index contributed by atoms with van der Waals surface area (Å²) in [5, 5.41) is 0. The third-order valence-corrected chi connectivity index (χ3v) is 7.26. The van der Waals surface area contributed by atoms with Gasteiger partial charge in [0.05, 0.1) is 0 Å². The summed E-state index contributed by atoms with van der Waals surface area (Å²) in [6.45, 7) is 6.88. The standard InChI is InChI=1S/C31H57N/c1-4-6-8-10-12-14-16-18-20-22-24-29-28(3)26-27-31(32)30(29)25-23-21-19-17-15-13-11-9-7-5-2/h26-27H,4-25,32H2,1-3H3. The molecule has 0 amide bonds. The zero-order chi connectivity index (χ0) is 23.3. The van der Waals surface area contributed by atoms with E-state index in [0.717, 1.165) is 5.69 Å². The average Bonchev–Trinajstić information content (AvgIpc) is 2.79. The number of nitrogen functional groups attached to an aromatic ring is 1. The van der Waals surface area contributed by atoms with Gasteiger partial charge in [-0.25, -0.2) is 0 Å². The van der Waals surface area contributed by atoms with Gasteiger partial charge in [0.2, 0.25) is 0 Å². The van der Waals surface area contributed by atoms with Crippen molar-refractivity contribution in [2.75, 3.05) is 5.73 Å². The maximum atomic E-state index is 6.43. The summed E-state index contributed by atoms with van der Waals surface area (Å²) in [6.07, 6.45) is 30.4. The maximum Gasteiger partial charge on any atom is 0.0349 e. The highest BCUT2D eigenvalue weighted by Gasteiger charge is 2.09. The lowest BCUT2D eigenvalue weighted by atomic mass is 9.91. The second-order valence-corrected chi connectivity index (χ2v) is 10.3. The maximum absolute atomic E-state index is 6.43. The Balaban J connectivity index is 2.21. The van der Waals surface area contributed by atoms with Gasteiger partial charge in [0, 0.05) is 5.69 Å². The lowest BCUT2D eigenvalue weighted by molar-refractivity contribution is 0.553. The average molecular weight is 444 g/mol. The van der Waals surface area contributed by atoms with Crippen LogP contribution >= 0.6 is 0 Å². The molecule has 1 nitrogen and oxygen atoms in total. The van der Waals surface area contributed by atoms with Crippen LogP contribution in [0.15, 0.2) is 12.1 Å². The number of anilines is 1. The van der Waals surface area contributed by atoms with Crippen LogP contribution in [0.2, 0.25) is 0 Å². The van der Waals surface area contributed by atoms with Crippen LogP contribution in [0, 0.1) is 6.92 Å². The molecule has 0 saturated carbocycles. The van der Waals surface area contributed by atoms with Crippen LogP contribution in [0.4, 0.5) is 5.69 Å². The van der Waals surface area contributed by atoms with Crippen molar-refractivity contribution in [2.45, 2.75) is 162 Å². The third kappa shape index (κ3) is 14.2. The van der Waals surface area contributed by atoms with Crippen LogP contribution in [0.3, 0.4) is 0 Å². The van der Waals surface area contributed by atoms with E-state index in [1.165, 1.54) is 152 Å². The molecule has 0 unspecified atom stereocenters. The Bertz CT molecular complexity index is 499. The molecule has 0 spiro atoms. The van der Waals surface area contributed by atoms with Gasteiger partial charge in [-0.3, -0.25) is 0 Å². The topological polar surface area (TPSA) is 26.0 Å². The van der Waals surface area contributed by atoms with Gasteiger partial charge in [-0.1, -0.05) is 135 Å². The van der Waals surface area contributed by atoms with E-state index in [0.29, 0.717) is 0 Å². The lowest BCUT2D eigenvalue weighted by Gasteiger charge is -2.16. The summed E-state index contributed by atoms with van der Waals surface area (Å²) in [6, 6.07) is 4.38. The summed E-state index contributed by atoms with van der Waals surface area (Å²) in [5.41, 5.74) is 12.0. The number of rotatable bonds is 22. The molecule has 1 aromatic rings. The molecule has 1 rings (SSSR count). The Morgan fingerprint density at radius 1 is 0.469 bits per heavy atom. The Labute approximate surface area is 202 Å². The molecular formula is C31H57N. The first kappa shape index (κ1) is 29.1. The van der Waals surface area contributed by atoms with Crippen molar-refractivity contribution in [3.05, 3.63) is 28.8 Å². The van der Waals surface area contributed by atoms with Crippen molar-refractivity contribution in [2.24, 2.45) is 0 Å². The molecule has 32 heavy (non-hydrogen) atoms. The van der Waals surface area contributed by atoms with Crippen molar-refractivity contribution in [3.8, 4) is 0 Å². The third-order valence-electron chi connectivity index (χ3n) is 7.26. The van der Waals surface area contributed by atoms with Gasteiger partial charge in [0.15, 0.2) is 0 Å². The summed E-state index contributed by atoms with van der Waals surface area (Å²) >= 11 is 0. The molecule has 2 N–H and O–H groups in total. The van der Waals surface area contributed by atoms with Crippen molar-refractivity contribution in [1.82, 2.24) is 0 Å². The summed E-state index contributed by atoms with van der Waals surface area (Å²) < 4.78 is 0. The molecule has 0 heterocycles. The van der Waals surface area contributed by atoms with E-state index in [4.69, 9.17) is 5.73 Å². The lowest BCUT2D eigenvalue weighted by Crippen LogP contribution is -2.03. The van der Waals surface area contributed by atoms with Crippen molar-refractivity contribution in [3.63, 3.8) is 0 Å². The Hall–Kier alpha value is -0.980. The first-order chi connectivity index (χ1) is 15.7. The van der Waals surface area contributed by atoms with Gasteiger partial charge in [-0.05, 0) is 55.4 Å². The van der Waals surface area contributed by atoms with E-state index in [2.05, 4.69) is 32.9 Å². The van der Waals surface area contributed by atoms with Crippen molar-refractivity contribution >= 4 is 5.69 Å². The Morgan fingerprint density at radius 2 is 0.812 bits per heavy atom. The van der Waals surface area contributed by atoms with Crippen LogP contribution < -0.4 is 5.73 Å². The van der Waals surface area contributed by atoms with E-state index in [9.17, 15) is 0 Å². The summed E-state index contributed by atoms with van der Waals surface area (Å²) in [7, 11) is 0. The second kappa shape index (κ2) is 20.6. The zero-order valence-corrected chi connectivity index (χ0v) is 22.3. The molecule has 1 heteroatoms. The molecule has 0 bridgehead atoms. The smallest absolute Gasteiger partial charge is 0.0349 e. The van der Waals surface area contributed by atoms with Gasteiger partial charge >= 0.3 is 0 Å². The number of hydrogen-bond acceptors (Lipinski definition) is 1. The van der Waals surface area contributed by atoms with E-state index in [-0.39, 0.29) is 0 Å². The van der Waals surface area contributed by atoms with Gasteiger partial charge in [-0.2, -0.15) is 0 Å². The number of nitrogens with two attached hydrogens (primary N) is 1. The van der Waals surface area contributed by atoms with E-state index < -0.39 is 0 Å². The van der Waals surface area contributed by atoms with Gasteiger partial charge in [0.1, 0.15) is 0 Å². The molecule has 0 fully saturated rings. The van der Waals surface area contributed by atoms with Crippen LogP contribution in [-0.2, 0) is 12.8 Å². The predicted octanol–water partition coefficient (Wildman–Crippen LogP) is 10.5. The normalized spacial score (nSPS) is 11.3. The van der Waals surface area contributed by atoms with E-state index >= 15 is 0 Å².